The number of allylic oxidation sites excluding steroid dienone is 3. The van der Waals surface area contributed by atoms with Crippen LogP contribution in [0.4, 0.5) is 0 Å². The van der Waals surface area contributed by atoms with Crippen LogP contribution in [0.2, 0.25) is 0 Å². The maximum absolute atomic E-state index is 6.06. The molecular formula is C24H44O4. The molecule has 28 heavy (non-hydrogen) atoms. The van der Waals surface area contributed by atoms with Crippen LogP contribution >= 0.6 is 0 Å². The molecular weight excluding hydrogens is 352 g/mol. The fraction of sp³-hybridized carbons (Fsp3) is 0.833. The molecule has 0 fully saturated rings. The van der Waals surface area contributed by atoms with Crippen LogP contribution in [0.15, 0.2) is 23.8 Å². The first-order chi connectivity index (χ1) is 12.6. The molecule has 0 saturated heterocycles. The van der Waals surface area contributed by atoms with Crippen molar-refractivity contribution in [1.82, 2.24) is 0 Å². The van der Waals surface area contributed by atoms with Crippen molar-refractivity contribution in [2.24, 2.45) is 5.41 Å². The second-order valence-corrected chi connectivity index (χ2v) is 11.0. The monoisotopic (exact) mass is 396 g/mol. The lowest BCUT2D eigenvalue weighted by Crippen LogP contribution is -2.59. The Morgan fingerprint density at radius 2 is 1.25 bits per heavy atom. The van der Waals surface area contributed by atoms with Crippen molar-refractivity contribution in [2.75, 3.05) is 0 Å². The molecule has 164 valence electrons. The summed E-state index contributed by atoms with van der Waals surface area (Å²) in [6.07, 6.45) is 11.1. The van der Waals surface area contributed by atoms with Crippen LogP contribution < -0.4 is 0 Å². The zero-order valence-electron chi connectivity index (χ0n) is 20.2. The van der Waals surface area contributed by atoms with Gasteiger partial charge < -0.3 is 0 Å². The van der Waals surface area contributed by atoms with E-state index in [1.807, 2.05) is 41.5 Å². The average molecular weight is 397 g/mol. The highest BCUT2D eigenvalue weighted by molar-refractivity contribution is 5.31. The summed E-state index contributed by atoms with van der Waals surface area (Å²) in [5.41, 5.74) is -1.18. The Bertz CT molecular complexity index is 526. The molecule has 1 aliphatic carbocycles. The average Bonchev–Trinajstić information content (AvgIpc) is 2.55. The summed E-state index contributed by atoms with van der Waals surface area (Å²) >= 11 is 0. The van der Waals surface area contributed by atoms with Crippen LogP contribution in [0.3, 0.4) is 0 Å². The fourth-order valence-corrected chi connectivity index (χ4v) is 3.47. The van der Waals surface area contributed by atoms with E-state index in [0.717, 1.165) is 12.8 Å². The van der Waals surface area contributed by atoms with Crippen LogP contribution in [-0.2, 0) is 19.6 Å². The van der Waals surface area contributed by atoms with Gasteiger partial charge in [0.1, 0.15) is 11.2 Å². The molecule has 0 spiro atoms. The van der Waals surface area contributed by atoms with E-state index in [-0.39, 0.29) is 0 Å². The van der Waals surface area contributed by atoms with E-state index < -0.39 is 27.8 Å². The standard InChI is InChI=1S/C24H44O4/c1-12-13-14-19-15-17-24(18-16-19,22(8,9)27-25-20(2,3)4)23(10,11)28-26-21(5,6)7/h15-17H,12-14,18H2,1-11H3. The lowest BCUT2D eigenvalue weighted by molar-refractivity contribution is -0.455. The van der Waals surface area contributed by atoms with E-state index in [2.05, 4.69) is 52.8 Å². The number of unbranched alkanes of at least 4 members (excludes halogenated alkanes) is 1. The normalized spacial score (nSPS) is 18.3. The second kappa shape index (κ2) is 8.99. The van der Waals surface area contributed by atoms with E-state index in [9.17, 15) is 0 Å². The lowest BCUT2D eigenvalue weighted by Gasteiger charge is -2.53. The Hall–Kier alpha value is -0.680. The van der Waals surface area contributed by atoms with Crippen LogP contribution in [0.25, 0.3) is 0 Å². The molecule has 0 heterocycles. The summed E-state index contributed by atoms with van der Waals surface area (Å²) in [4.78, 5) is 23.6. The van der Waals surface area contributed by atoms with Crippen LogP contribution in [0.1, 0.15) is 102 Å². The van der Waals surface area contributed by atoms with E-state index in [1.165, 1.54) is 18.4 Å². The molecule has 0 bridgehead atoms. The Kier molecular flexibility index (Phi) is 8.14. The fourth-order valence-electron chi connectivity index (χ4n) is 3.47. The lowest BCUT2D eigenvalue weighted by atomic mass is 9.60. The third-order valence-corrected chi connectivity index (χ3v) is 5.24. The molecule has 4 heteroatoms. The molecule has 0 atom stereocenters. The summed E-state index contributed by atoms with van der Waals surface area (Å²) in [6.45, 7) is 22.4. The molecule has 0 N–H and O–H groups in total. The predicted octanol–water partition coefficient (Wildman–Crippen LogP) is 7.10. The Balaban J connectivity index is 3.21. The maximum Gasteiger partial charge on any atom is 0.110 e. The summed E-state index contributed by atoms with van der Waals surface area (Å²) in [7, 11) is 0. The van der Waals surface area contributed by atoms with Gasteiger partial charge in [0.2, 0.25) is 0 Å². The second-order valence-electron chi connectivity index (χ2n) is 11.0. The number of hydrogen-bond acceptors (Lipinski definition) is 4. The van der Waals surface area contributed by atoms with Crippen LogP contribution in [-0.4, -0.2) is 22.4 Å². The first-order valence-corrected chi connectivity index (χ1v) is 10.7. The van der Waals surface area contributed by atoms with Gasteiger partial charge in [-0.2, -0.15) is 0 Å². The number of rotatable bonds is 9. The zero-order chi connectivity index (χ0) is 21.9. The quantitative estimate of drug-likeness (QED) is 0.308. The van der Waals surface area contributed by atoms with Gasteiger partial charge in [-0.05, 0) is 88.5 Å². The summed E-state index contributed by atoms with van der Waals surface area (Å²) < 4.78 is 0. The first-order valence-electron chi connectivity index (χ1n) is 10.7. The Morgan fingerprint density at radius 1 is 0.786 bits per heavy atom. The minimum absolute atomic E-state index is 0.397. The minimum Gasteiger partial charge on any atom is -0.230 e. The molecule has 4 nitrogen and oxygen atoms in total. The van der Waals surface area contributed by atoms with Crippen molar-refractivity contribution in [3.05, 3.63) is 23.8 Å². The van der Waals surface area contributed by atoms with E-state index in [1.54, 1.807) is 0 Å². The van der Waals surface area contributed by atoms with Gasteiger partial charge in [-0.1, -0.05) is 37.1 Å². The smallest absolute Gasteiger partial charge is 0.110 e. The first kappa shape index (κ1) is 25.4. The zero-order valence-corrected chi connectivity index (χ0v) is 20.2. The molecule has 1 aliphatic rings. The molecule has 0 aliphatic heterocycles. The van der Waals surface area contributed by atoms with E-state index in [0.29, 0.717) is 0 Å². The van der Waals surface area contributed by atoms with Gasteiger partial charge in [-0.3, -0.25) is 0 Å². The molecule has 0 amide bonds. The van der Waals surface area contributed by atoms with Crippen LogP contribution in [0, 0.1) is 5.41 Å². The van der Waals surface area contributed by atoms with E-state index >= 15 is 0 Å². The Labute approximate surface area is 173 Å². The minimum atomic E-state index is -0.645. The van der Waals surface area contributed by atoms with E-state index in [4.69, 9.17) is 19.6 Å². The highest BCUT2D eigenvalue weighted by atomic mass is 17.2. The van der Waals surface area contributed by atoms with Crippen molar-refractivity contribution < 1.29 is 19.6 Å². The molecule has 0 aromatic carbocycles. The van der Waals surface area contributed by atoms with Crippen LogP contribution in [0.5, 0.6) is 0 Å². The van der Waals surface area contributed by atoms with Gasteiger partial charge in [0.15, 0.2) is 0 Å². The van der Waals surface area contributed by atoms with Crippen molar-refractivity contribution >= 4 is 0 Å². The van der Waals surface area contributed by atoms with Crippen molar-refractivity contribution in [3.63, 3.8) is 0 Å². The molecule has 0 aromatic rings. The summed E-state index contributed by atoms with van der Waals surface area (Å²) in [5.74, 6) is 0. The van der Waals surface area contributed by atoms with Crippen molar-refractivity contribution in [2.45, 2.75) is 124 Å². The Morgan fingerprint density at radius 3 is 1.57 bits per heavy atom. The molecule has 0 unspecified atom stereocenters. The third kappa shape index (κ3) is 6.69. The van der Waals surface area contributed by atoms with Crippen molar-refractivity contribution in [1.29, 1.82) is 0 Å². The van der Waals surface area contributed by atoms with Gasteiger partial charge in [0.25, 0.3) is 0 Å². The van der Waals surface area contributed by atoms with Gasteiger partial charge in [-0.15, -0.1) is 0 Å². The topological polar surface area (TPSA) is 36.9 Å². The third-order valence-electron chi connectivity index (χ3n) is 5.24. The van der Waals surface area contributed by atoms with Gasteiger partial charge in [-0.25, -0.2) is 19.6 Å². The largest absolute Gasteiger partial charge is 0.230 e. The maximum atomic E-state index is 6.06. The predicted molar refractivity (Wildman–Crippen MR) is 116 cm³/mol. The SMILES string of the molecule is CCCCC1=CCC(C(C)(C)OOC(C)(C)C)(C(C)(C)OOC(C)(C)C)C=C1. The molecule has 1 rings (SSSR count). The molecule has 0 saturated carbocycles. The van der Waals surface area contributed by atoms with Crippen molar-refractivity contribution in [3.8, 4) is 0 Å². The van der Waals surface area contributed by atoms with Gasteiger partial charge in [0, 0.05) is 0 Å². The summed E-state index contributed by atoms with van der Waals surface area (Å²) in [5, 5.41) is 0. The van der Waals surface area contributed by atoms with Gasteiger partial charge >= 0.3 is 0 Å². The molecule has 0 aromatic heterocycles. The number of hydrogen-bond donors (Lipinski definition) is 0. The highest BCUT2D eigenvalue weighted by Gasteiger charge is 2.57. The highest BCUT2D eigenvalue weighted by Crippen LogP contribution is 2.52. The molecule has 0 radical (unpaired) electrons. The van der Waals surface area contributed by atoms with Gasteiger partial charge in [0.05, 0.1) is 16.6 Å². The summed E-state index contributed by atoms with van der Waals surface area (Å²) in [6, 6.07) is 0.